The minimum atomic E-state index is -0.917. The number of aromatic nitrogens is 1. The molecule has 4 nitrogen and oxygen atoms in total. The predicted molar refractivity (Wildman–Crippen MR) is 79.3 cm³/mol. The Balaban J connectivity index is 2.21. The third kappa shape index (κ3) is 2.86. The molecule has 0 aliphatic heterocycles. The monoisotopic (exact) mass is 280 g/mol. The summed E-state index contributed by atoms with van der Waals surface area (Å²) in [6, 6.07) is 1.81. The van der Waals surface area contributed by atoms with Gasteiger partial charge in [-0.3, -0.25) is 0 Å². The number of anilines is 1. The number of carboxylic acids is 1. The van der Waals surface area contributed by atoms with Crippen LogP contribution in [0.1, 0.15) is 40.9 Å². The topological polar surface area (TPSA) is 62.2 Å². The summed E-state index contributed by atoms with van der Waals surface area (Å²) in [6.45, 7) is 4.48. The zero-order valence-electron chi connectivity index (χ0n) is 11.6. The summed E-state index contributed by atoms with van der Waals surface area (Å²) in [7, 11) is 0. The van der Waals surface area contributed by atoms with Crippen LogP contribution >= 0.6 is 11.8 Å². The van der Waals surface area contributed by atoms with E-state index in [1.54, 1.807) is 0 Å². The van der Waals surface area contributed by atoms with Crippen molar-refractivity contribution in [2.24, 2.45) is 0 Å². The van der Waals surface area contributed by atoms with E-state index in [2.05, 4.69) is 16.6 Å². The summed E-state index contributed by atoms with van der Waals surface area (Å²) >= 11 is 1.86. The minimum absolute atomic E-state index is 0.259. The van der Waals surface area contributed by atoms with E-state index in [0.29, 0.717) is 11.4 Å². The number of nitrogens with one attached hydrogen (secondary N) is 1. The fourth-order valence-electron chi connectivity index (χ4n) is 2.50. The van der Waals surface area contributed by atoms with Gasteiger partial charge in [-0.05, 0) is 44.6 Å². The molecule has 0 spiro atoms. The summed E-state index contributed by atoms with van der Waals surface area (Å²) in [5.41, 5.74) is 1.90. The highest BCUT2D eigenvalue weighted by Crippen LogP contribution is 2.42. The van der Waals surface area contributed by atoms with Crippen LogP contribution in [0.15, 0.2) is 6.07 Å². The van der Waals surface area contributed by atoms with E-state index in [4.69, 9.17) is 0 Å². The van der Waals surface area contributed by atoms with Gasteiger partial charge in [-0.25, -0.2) is 9.78 Å². The van der Waals surface area contributed by atoms with Crippen LogP contribution in [-0.4, -0.2) is 33.6 Å². The van der Waals surface area contributed by atoms with Gasteiger partial charge in [0.25, 0.3) is 0 Å². The van der Waals surface area contributed by atoms with Gasteiger partial charge in [0.2, 0.25) is 0 Å². The lowest BCUT2D eigenvalue weighted by Gasteiger charge is -2.40. The van der Waals surface area contributed by atoms with E-state index in [-0.39, 0.29) is 4.75 Å². The van der Waals surface area contributed by atoms with Crippen molar-refractivity contribution in [2.75, 3.05) is 18.1 Å². The molecule has 1 saturated carbocycles. The molecular weight excluding hydrogens is 260 g/mol. The zero-order valence-corrected chi connectivity index (χ0v) is 12.4. The van der Waals surface area contributed by atoms with Gasteiger partial charge in [-0.1, -0.05) is 6.42 Å². The first-order valence-corrected chi connectivity index (χ1v) is 7.70. The van der Waals surface area contributed by atoms with Gasteiger partial charge in [-0.15, -0.1) is 0 Å². The Morgan fingerprint density at radius 3 is 2.68 bits per heavy atom. The lowest BCUT2D eigenvalue weighted by atomic mass is 9.84. The number of carboxylic acid groups (broad SMARTS) is 1. The van der Waals surface area contributed by atoms with Crippen molar-refractivity contribution in [3.8, 4) is 0 Å². The average Bonchev–Trinajstić information content (AvgIpc) is 2.26. The first-order chi connectivity index (χ1) is 8.97. The van der Waals surface area contributed by atoms with E-state index < -0.39 is 5.97 Å². The normalized spacial score (nSPS) is 16.8. The van der Waals surface area contributed by atoms with Crippen LogP contribution in [0, 0.1) is 13.8 Å². The number of rotatable bonds is 5. The molecule has 1 aromatic heterocycles. The van der Waals surface area contributed by atoms with Crippen molar-refractivity contribution in [2.45, 2.75) is 37.9 Å². The molecule has 0 atom stereocenters. The number of aromatic carboxylic acids is 1. The van der Waals surface area contributed by atoms with Crippen LogP contribution in [0.2, 0.25) is 0 Å². The maximum absolute atomic E-state index is 11.3. The standard InChI is InChI=1S/C14H20N2O2S/c1-9-7-10(2)16-12(11(9)13(17)18)15-8-14(19-3)5-4-6-14/h7H,4-6,8H2,1-3H3,(H,15,16)(H,17,18). The molecule has 0 aromatic carbocycles. The molecule has 1 aliphatic carbocycles. The highest BCUT2D eigenvalue weighted by atomic mass is 32.2. The summed E-state index contributed by atoms with van der Waals surface area (Å²) in [4.78, 5) is 15.7. The van der Waals surface area contributed by atoms with E-state index in [9.17, 15) is 9.90 Å². The lowest BCUT2D eigenvalue weighted by molar-refractivity contribution is 0.0696. The van der Waals surface area contributed by atoms with Crippen molar-refractivity contribution in [1.29, 1.82) is 0 Å². The van der Waals surface area contributed by atoms with Gasteiger partial charge in [-0.2, -0.15) is 11.8 Å². The van der Waals surface area contributed by atoms with Crippen LogP contribution in [0.4, 0.5) is 5.82 Å². The van der Waals surface area contributed by atoms with Crippen LogP contribution in [-0.2, 0) is 0 Å². The van der Waals surface area contributed by atoms with Gasteiger partial charge in [0.05, 0.1) is 0 Å². The van der Waals surface area contributed by atoms with Crippen molar-refractivity contribution in [3.05, 3.63) is 22.9 Å². The second-order valence-corrected chi connectivity index (χ2v) is 6.48. The summed E-state index contributed by atoms with van der Waals surface area (Å²) < 4.78 is 0.259. The first kappa shape index (κ1) is 14.2. The molecule has 1 aromatic rings. The fraction of sp³-hybridized carbons (Fsp3) is 0.571. The van der Waals surface area contributed by atoms with E-state index in [1.807, 2.05) is 31.7 Å². The molecule has 5 heteroatoms. The molecule has 1 aliphatic rings. The molecule has 2 N–H and O–H groups in total. The van der Waals surface area contributed by atoms with Gasteiger partial charge in [0.1, 0.15) is 11.4 Å². The van der Waals surface area contributed by atoms with Gasteiger partial charge >= 0.3 is 5.97 Å². The number of hydrogen-bond donors (Lipinski definition) is 2. The maximum Gasteiger partial charge on any atom is 0.339 e. The predicted octanol–water partition coefficient (Wildman–Crippen LogP) is 3.09. The third-order valence-corrected chi connectivity index (χ3v) is 5.25. The Hall–Kier alpha value is -1.23. The zero-order chi connectivity index (χ0) is 14.0. The van der Waals surface area contributed by atoms with E-state index >= 15 is 0 Å². The molecular formula is C14H20N2O2S. The third-order valence-electron chi connectivity index (χ3n) is 3.83. The maximum atomic E-state index is 11.3. The number of aryl methyl sites for hydroxylation is 2. The molecule has 0 radical (unpaired) electrons. The Labute approximate surface area is 118 Å². The fourth-order valence-corrected chi connectivity index (χ4v) is 3.42. The van der Waals surface area contributed by atoms with E-state index in [1.165, 1.54) is 19.3 Å². The number of pyridine rings is 1. The van der Waals surface area contributed by atoms with Gasteiger partial charge in [0, 0.05) is 17.0 Å². The molecule has 104 valence electrons. The Morgan fingerprint density at radius 1 is 1.53 bits per heavy atom. The average molecular weight is 280 g/mol. The molecule has 0 saturated heterocycles. The number of hydrogen-bond acceptors (Lipinski definition) is 4. The largest absolute Gasteiger partial charge is 0.478 e. The smallest absolute Gasteiger partial charge is 0.339 e. The van der Waals surface area contributed by atoms with Gasteiger partial charge in [0.15, 0.2) is 0 Å². The summed E-state index contributed by atoms with van der Waals surface area (Å²) in [5.74, 6) is -0.412. The van der Waals surface area contributed by atoms with Crippen molar-refractivity contribution >= 4 is 23.5 Å². The second kappa shape index (κ2) is 5.41. The number of nitrogens with zero attached hydrogens (tertiary/aromatic N) is 1. The highest BCUT2D eigenvalue weighted by molar-refractivity contribution is 8.00. The van der Waals surface area contributed by atoms with Crippen molar-refractivity contribution in [1.82, 2.24) is 4.98 Å². The van der Waals surface area contributed by atoms with E-state index in [0.717, 1.165) is 17.8 Å². The number of carbonyl (C=O) groups is 1. The second-order valence-electron chi connectivity index (χ2n) is 5.20. The highest BCUT2D eigenvalue weighted by Gasteiger charge is 2.36. The molecule has 0 unspecified atom stereocenters. The summed E-state index contributed by atoms with van der Waals surface area (Å²) in [5, 5.41) is 12.6. The molecule has 1 heterocycles. The van der Waals surface area contributed by atoms with Crippen molar-refractivity contribution in [3.63, 3.8) is 0 Å². The minimum Gasteiger partial charge on any atom is -0.478 e. The van der Waals surface area contributed by atoms with Gasteiger partial charge < -0.3 is 10.4 Å². The Kier molecular flexibility index (Phi) is 4.04. The molecule has 1 fully saturated rings. The SMILES string of the molecule is CSC1(CNc2nc(C)cc(C)c2C(=O)O)CCC1. The Morgan fingerprint density at radius 2 is 2.21 bits per heavy atom. The molecule has 0 bridgehead atoms. The Bertz CT molecular complexity index is 493. The molecule has 2 rings (SSSR count). The first-order valence-electron chi connectivity index (χ1n) is 6.48. The van der Waals surface area contributed by atoms with Crippen LogP contribution in [0.3, 0.4) is 0 Å². The van der Waals surface area contributed by atoms with Crippen LogP contribution in [0.5, 0.6) is 0 Å². The van der Waals surface area contributed by atoms with Crippen LogP contribution in [0.25, 0.3) is 0 Å². The quantitative estimate of drug-likeness (QED) is 0.868. The molecule has 19 heavy (non-hydrogen) atoms. The van der Waals surface area contributed by atoms with Crippen LogP contribution < -0.4 is 5.32 Å². The van der Waals surface area contributed by atoms with Crippen molar-refractivity contribution < 1.29 is 9.90 Å². The summed E-state index contributed by atoms with van der Waals surface area (Å²) in [6.07, 6.45) is 5.76. The molecule has 0 amide bonds. The number of thioether (sulfide) groups is 1. The lowest BCUT2D eigenvalue weighted by Crippen LogP contribution is -2.40.